The molecule has 0 heterocycles. The molecule has 0 unspecified atom stereocenters. The molecule has 0 saturated heterocycles. The van der Waals surface area contributed by atoms with Crippen LogP contribution in [0.25, 0.3) is 0 Å². The molecule has 0 aromatic rings. The van der Waals surface area contributed by atoms with E-state index in [1.54, 1.807) is 13.0 Å². The van der Waals surface area contributed by atoms with Crippen molar-refractivity contribution in [3.05, 3.63) is 23.3 Å². The van der Waals surface area contributed by atoms with Gasteiger partial charge in [-0.1, -0.05) is 25.5 Å². The standard InChI is InChI=1S/C27H42O6/c1-15(2)6-7-23(31)26(5,32)22-9-11-27(33)17-12-19(28)18-13-20(29)21(30)14-24(18,3)16(17)8-10-25(22,27)4/h6,12,16,18,20-23,29-33H,7-11,13-14H2,1-5H3/t16-,18-,20+,21-,22-,23-,24+,25+,26+,27+/m0/s1. The summed E-state index contributed by atoms with van der Waals surface area (Å²) in [7, 11) is 0. The van der Waals surface area contributed by atoms with Crippen LogP contribution in [0, 0.1) is 28.6 Å². The molecular formula is C27H42O6. The quantitative estimate of drug-likeness (QED) is 0.410. The summed E-state index contributed by atoms with van der Waals surface area (Å²) in [6.07, 6.45) is 4.16. The van der Waals surface area contributed by atoms with Gasteiger partial charge in [0.1, 0.15) is 0 Å². The molecule has 3 fully saturated rings. The summed E-state index contributed by atoms with van der Waals surface area (Å²) >= 11 is 0. The molecule has 0 amide bonds. The summed E-state index contributed by atoms with van der Waals surface area (Å²) in [5.41, 5.74) is -2.00. The number of allylic oxidation sites excluding steroid dienone is 2. The van der Waals surface area contributed by atoms with Crippen LogP contribution in [0.2, 0.25) is 0 Å². The Morgan fingerprint density at radius 2 is 1.85 bits per heavy atom. The SMILES string of the molecule is CC(C)=CC[C@H](O)[C@](C)(O)[C@H]1CC[C@@]2(O)C3=CC(=O)[C@@H]4C[C@@H](O)[C@@H](O)C[C@]4(C)[C@H]3CC[C@]12C. The molecule has 0 bridgehead atoms. The van der Waals surface area contributed by atoms with Crippen molar-refractivity contribution >= 4 is 5.78 Å². The van der Waals surface area contributed by atoms with E-state index in [1.807, 2.05) is 33.8 Å². The Morgan fingerprint density at radius 3 is 2.48 bits per heavy atom. The molecule has 10 atom stereocenters. The zero-order valence-corrected chi connectivity index (χ0v) is 20.7. The molecular weight excluding hydrogens is 420 g/mol. The van der Waals surface area contributed by atoms with Gasteiger partial charge in [0.05, 0.1) is 29.5 Å². The van der Waals surface area contributed by atoms with E-state index >= 15 is 0 Å². The molecule has 6 heteroatoms. The molecule has 0 radical (unpaired) electrons. The fourth-order valence-corrected chi connectivity index (χ4v) is 8.13. The van der Waals surface area contributed by atoms with E-state index in [1.165, 1.54) is 0 Å². The minimum Gasteiger partial charge on any atom is -0.390 e. The molecule has 4 aliphatic carbocycles. The van der Waals surface area contributed by atoms with Gasteiger partial charge in [-0.3, -0.25) is 4.79 Å². The van der Waals surface area contributed by atoms with Gasteiger partial charge in [-0.2, -0.15) is 0 Å². The van der Waals surface area contributed by atoms with E-state index in [0.717, 1.165) is 17.6 Å². The lowest BCUT2D eigenvalue weighted by Gasteiger charge is -2.60. The number of aliphatic hydroxyl groups excluding tert-OH is 3. The Labute approximate surface area is 197 Å². The predicted octanol–water partition coefficient (Wildman–Crippen LogP) is 2.66. The molecule has 0 aliphatic heterocycles. The monoisotopic (exact) mass is 462 g/mol. The summed E-state index contributed by atoms with van der Waals surface area (Å²) in [6, 6.07) is 0. The summed E-state index contributed by atoms with van der Waals surface area (Å²) in [4.78, 5) is 13.2. The van der Waals surface area contributed by atoms with E-state index < -0.39 is 40.3 Å². The minimum absolute atomic E-state index is 0.0558. The average Bonchev–Trinajstić information content (AvgIpc) is 3.00. The summed E-state index contributed by atoms with van der Waals surface area (Å²) in [6.45, 7) is 9.63. The molecule has 186 valence electrons. The van der Waals surface area contributed by atoms with Crippen LogP contribution in [0.3, 0.4) is 0 Å². The predicted molar refractivity (Wildman–Crippen MR) is 125 cm³/mol. The Kier molecular flexibility index (Phi) is 6.07. The highest BCUT2D eigenvalue weighted by atomic mass is 16.3. The van der Waals surface area contributed by atoms with Gasteiger partial charge in [0.2, 0.25) is 0 Å². The van der Waals surface area contributed by atoms with E-state index in [0.29, 0.717) is 32.1 Å². The van der Waals surface area contributed by atoms with E-state index in [-0.39, 0.29) is 30.0 Å². The van der Waals surface area contributed by atoms with Crippen molar-refractivity contribution in [1.29, 1.82) is 0 Å². The molecule has 4 rings (SSSR count). The van der Waals surface area contributed by atoms with Crippen molar-refractivity contribution in [2.45, 2.75) is 109 Å². The second-order valence-corrected chi connectivity index (χ2v) is 12.4. The first-order chi connectivity index (χ1) is 15.2. The number of carbonyl (C=O) groups excluding carboxylic acids is 1. The van der Waals surface area contributed by atoms with E-state index in [2.05, 4.69) is 0 Å². The topological polar surface area (TPSA) is 118 Å². The lowest BCUT2D eigenvalue weighted by atomic mass is 9.45. The number of carbonyl (C=O) groups is 1. The van der Waals surface area contributed by atoms with Crippen molar-refractivity contribution in [3.8, 4) is 0 Å². The lowest BCUT2D eigenvalue weighted by molar-refractivity contribution is -0.174. The van der Waals surface area contributed by atoms with Gasteiger partial charge in [0.25, 0.3) is 0 Å². The highest BCUT2D eigenvalue weighted by Crippen LogP contribution is 2.68. The number of ketones is 1. The minimum atomic E-state index is -1.38. The molecule has 0 spiro atoms. The van der Waals surface area contributed by atoms with Crippen LogP contribution in [0.15, 0.2) is 23.3 Å². The number of fused-ring (bicyclic) bond motifs is 5. The summed E-state index contributed by atoms with van der Waals surface area (Å²) in [5, 5.41) is 55.3. The third kappa shape index (κ3) is 3.51. The lowest BCUT2D eigenvalue weighted by Crippen LogP contribution is -2.62. The normalized spacial score (nSPS) is 47.5. The molecule has 4 aliphatic rings. The fourth-order valence-electron chi connectivity index (χ4n) is 8.13. The smallest absolute Gasteiger partial charge is 0.159 e. The zero-order valence-electron chi connectivity index (χ0n) is 20.7. The number of rotatable bonds is 4. The maximum absolute atomic E-state index is 13.2. The van der Waals surface area contributed by atoms with Gasteiger partial charge in [-0.05, 0) is 94.6 Å². The zero-order chi connectivity index (χ0) is 24.6. The molecule has 0 aromatic heterocycles. The number of aliphatic hydroxyl groups is 5. The third-order valence-corrected chi connectivity index (χ3v) is 10.2. The van der Waals surface area contributed by atoms with Gasteiger partial charge in [0.15, 0.2) is 5.78 Å². The largest absolute Gasteiger partial charge is 0.390 e. The highest BCUT2D eigenvalue weighted by Gasteiger charge is 2.69. The third-order valence-electron chi connectivity index (χ3n) is 10.2. The van der Waals surface area contributed by atoms with Gasteiger partial charge < -0.3 is 25.5 Å². The van der Waals surface area contributed by atoms with Crippen LogP contribution < -0.4 is 0 Å². The Balaban J connectivity index is 1.70. The first-order valence-electron chi connectivity index (χ1n) is 12.6. The van der Waals surface area contributed by atoms with Gasteiger partial charge in [-0.25, -0.2) is 0 Å². The molecule has 0 aromatic carbocycles. The highest BCUT2D eigenvalue weighted by molar-refractivity contribution is 5.95. The Hall–Kier alpha value is -1.05. The van der Waals surface area contributed by atoms with Crippen molar-refractivity contribution < 1.29 is 30.3 Å². The van der Waals surface area contributed by atoms with Gasteiger partial charge >= 0.3 is 0 Å². The van der Waals surface area contributed by atoms with Crippen molar-refractivity contribution in [2.24, 2.45) is 28.6 Å². The Morgan fingerprint density at radius 1 is 1.18 bits per heavy atom. The Bertz CT molecular complexity index is 872. The first kappa shape index (κ1) is 25.1. The molecule has 6 nitrogen and oxygen atoms in total. The van der Waals surface area contributed by atoms with E-state index in [9.17, 15) is 30.3 Å². The second kappa shape index (κ2) is 7.99. The average molecular weight is 463 g/mol. The molecule has 5 N–H and O–H groups in total. The maximum atomic E-state index is 13.2. The van der Waals surface area contributed by atoms with Crippen LogP contribution in [-0.2, 0) is 4.79 Å². The van der Waals surface area contributed by atoms with Crippen LogP contribution >= 0.6 is 0 Å². The van der Waals surface area contributed by atoms with E-state index in [4.69, 9.17) is 0 Å². The first-order valence-corrected chi connectivity index (χ1v) is 12.6. The number of hydrogen-bond donors (Lipinski definition) is 5. The molecule has 3 saturated carbocycles. The van der Waals surface area contributed by atoms with Crippen LogP contribution in [-0.4, -0.2) is 60.8 Å². The van der Waals surface area contributed by atoms with Crippen LogP contribution in [0.4, 0.5) is 0 Å². The van der Waals surface area contributed by atoms with Gasteiger partial charge in [-0.15, -0.1) is 0 Å². The fraction of sp³-hybridized carbons (Fsp3) is 0.815. The second-order valence-electron chi connectivity index (χ2n) is 12.4. The van der Waals surface area contributed by atoms with Crippen molar-refractivity contribution in [2.75, 3.05) is 0 Å². The number of hydrogen-bond acceptors (Lipinski definition) is 6. The van der Waals surface area contributed by atoms with Crippen LogP contribution in [0.1, 0.15) is 79.6 Å². The van der Waals surface area contributed by atoms with Crippen LogP contribution in [0.5, 0.6) is 0 Å². The van der Waals surface area contributed by atoms with Crippen molar-refractivity contribution in [3.63, 3.8) is 0 Å². The summed E-state index contributed by atoms with van der Waals surface area (Å²) < 4.78 is 0. The maximum Gasteiger partial charge on any atom is 0.159 e. The van der Waals surface area contributed by atoms with Crippen molar-refractivity contribution in [1.82, 2.24) is 0 Å². The summed E-state index contributed by atoms with van der Waals surface area (Å²) in [5.74, 6) is -0.813. The molecule has 33 heavy (non-hydrogen) atoms. The van der Waals surface area contributed by atoms with Gasteiger partial charge in [0, 0.05) is 11.3 Å².